The number of aliphatic imine (C=N–C) groups is 1. The molecule has 0 amide bonds. The van der Waals surface area contributed by atoms with Gasteiger partial charge in [0.1, 0.15) is 17.2 Å². The van der Waals surface area contributed by atoms with Crippen molar-refractivity contribution in [3.05, 3.63) is 69.1 Å². The van der Waals surface area contributed by atoms with E-state index in [1.807, 2.05) is 37.3 Å². The Hall–Kier alpha value is -2.99. The average Bonchev–Trinajstić information content (AvgIpc) is 2.97. The van der Waals surface area contributed by atoms with E-state index in [9.17, 15) is 4.79 Å². The summed E-state index contributed by atoms with van der Waals surface area (Å²) in [5.74, 6) is 0.980. The van der Waals surface area contributed by atoms with E-state index in [0.717, 1.165) is 11.4 Å². The molecule has 1 heterocycles. The summed E-state index contributed by atoms with van der Waals surface area (Å²) in [5.41, 5.74) is 2.92. The number of nitrogens with zero attached hydrogens (tertiary/aromatic N) is 2. The van der Waals surface area contributed by atoms with Crippen molar-refractivity contribution in [3.63, 3.8) is 0 Å². The number of hydrogen-bond acceptors (Lipinski definition) is 4. The molecule has 0 spiro atoms. The Kier molecular flexibility index (Phi) is 5.37. The molecule has 0 radical (unpaired) electrons. The van der Waals surface area contributed by atoms with Crippen LogP contribution in [0.2, 0.25) is 5.02 Å². The fraction of sp³-hybridized carbons (Fsp3) is 0.200. The van der Waals surface area contributed by atoms with Gasteiger partial charge in [-0.1, -0.05) is 29.8 Å². The Balaban J connectivity index is 2.11. The minimum absolute atomic E-state index is 0.167. The zero-order valence-corrected chi connectivity index (χ0v) is 16.3. The molecular formula is C20H20ClN3O3. The Morgan fingerprint density at radius 2 is 1.78 bits per heavy atom. The molecule has 1 aromatic heterocycles. The quantitative estimate of drug-likeness (QED) is 0.666. The molecule has 0 unspecified atom stereocenters. The predicted octanol–water partition coefficient (Wildman–Crippen LogP) is 4.29. The van der Waals surface area contributed by atoms with Crippen molar-refractivity contribution >= 4 is 23.0 Å². The molecule has 0 aliphatic rings. The summed E-state index contributed by atoms with van der Waals surface area (Å²) in [6, 6.07) is 12.7. The van der Waals surface area contributed by atoms with Crippen LogP contribution >= 0.6 is 11.6 Å². The van der Waals surface area contributed by atoms with Crippen LogP contribution in [0.4, 0.5) is 5.69 Å². The highest BCUT2D eigenvalue weighted by Gasteiger charge is 2.16. The molecule has 0 bridgehead atoms. The minimum atomic E-state index is -0.167. The van der Waals surface area contributed by atoms with E-state index in [1.54, 1.807) is 19.1 Å². The molecule has 27 heavy (non-hydrogen) atoms. The summed E-state index contributed by atoms with van der Waals surface area (Å²) in [7, 11) is 3.07. The Bertz CT molecular complexity index is 1050. The number of hydrogen-bond donors (Lipinski definition) is 1. The molecule has 6 nitrogen and oxygen atoms in total. The summed E-state index contributed by atoms with van der Waals surface area (Å²) in [6.07, 6.45) is 0. The van der Waals surface area contributed by atoms with Crippen LogP contribution in [-0.4, -0.2) is 29.7 Å². The number of nitrogens with one attached hydrogen (secondary N) is 1. The molecule has 0 saturated heterocycles. The van der Waals surface area contributed by atoms with Crippen molar-refractivity contribution in [2.75, 3.05) is 14.2 Å². The summed E-state index contributed by atoms with van der Waals surface area (Å²) >= 11 is 6.14. The molecule has 0 saturated carbocycles. The number of H-pyrrole nitrogens is 1. The van der Waals surface area contributed by atoms with Crippen molar-refractivity contribution in [2.24, 2.45) is 4.99 Å². The third kappa shape index (κ3) is 3.61. The largest absolute Gasteiger partial charge is 0.495 e. The van der Waals surface area contributed by atoms with Gasteiger partial charge in [-0.3, -0.25) is 9.89 Å². The van der Waals surface area contributed by atoms with Gasteiger partial charge in [-0.2, -0.15) is 0 Å². The van der Waals surface area contributed by atoms with Gasteiger partial charge in [0.2, 0.25) is 0 Å². The van der Waals surface area contributed by atoms with E-state index in [2.05, 4.69) is 10.1 Å². The van der Waals surface area contributed by atoms with Gasteiger partial charge in [0, 0.05) is 17.8 Å². The monoisotopic (exact) mass is 385 g/mol. The molecule has 3 aromatic rings. The van der Waals surface area contributed by atoms with Crippen LogP contribution in [0, 0.1) is 6.92 Å². The molecule has 3 rings (SSSR count). The second-order valence-corrected chi connectivity index (χ2v) is 6.35. The summed E-state index contributed by atoms with van der Waals surface area (Å²) in [4.78, 5) is 17.5. The number of aryl methyl sites for hydroxylation is 1. The van der Waals surface area contributed by atoms with Gasteiger partial charge in [0.15, 0.2) is 0 Å². The van der Waals surface area contributed by atoms with E-state index in [4.69, 9.17) is 21.1 Å². The van der Waals surface area contributed by atoms with Gasteiger partial charge >= 0.3 is 0 Å². The summed E-state index contributed by atoms with van der Waals surface area (Å²) in [6.45, 7) is 3.63. The number of methoxy groups -OCH3 is 2. The first kappa shape index (κ1) is 18.8. The molecular weight excluding hydrogens is 366 g/mol. The van der Waals surface area contributed by atoms with Gasteiger partial charge in [-0.15, -0.1) is 0 Å². The number of aromatic amines is 1. The number of aromatic nitrogens is 2. The standard InChI is InChI=1S/C20H20ClN3O3/c1-12(22-16-11-17(26-3)15(21)10-18(16)27-4)19-13(2)23-24(20(19)25)14-8-6-5-7-9-14/h5-11,23H,1-4H3. The van der Waals surface area contributed by atoms with Crippen molar-refractivity contribution in [2.45, 2.75) is 13.8 Å². The van der Waals surface area contributed by atoms with Crippen molar-refractivity contribution in [1.82, 2.24) is 9.78 Å². The fourth-order valence-electron chi connectivity index (χ4n) is 2.90. The molecule has 0 aliphatic carbocycles. The van der Waals surface area contributed by atoms with Crippen LogP contribution in [0.15, 0.2) is 52.3 Å². The molecule has 0 aliphatic heterocycles. The number of ether oxygens (including phenoxy) is 2. The highest BCUT2D eigenvalue weighted by atomic mass is 35.5. The highest BCUT2D eigenvalue weighted by molar-refractivity contribution is 6.32. The van der Waals surface area contributed by atoms with E-state index in [-0.39, 0.29) is 5.56 Å². The Morgan fingerprint density at radius 3 is 2.41 bits per heavy atom. The third-order valence-corrected chi connectivity index (χ3v) is 4.48. The number of halogens is 1. The second-order valence-electron chi connectivity index (χ2n) is 5.94. The van der Waals surface area contributed by atoms with E-state index in [0.29, 0.717) is 33.5 Å². The van der Waals surface area contributed by atoms with Crippen LogP contribution in [0.3, 0.4) is 0 Å². The first-order valence-electron chi connectivity index (χ1n) is 8.30. The van der Waals surface area contributed by atoms with Crippen LogP contribution < -0.4 is 15.0 Å². The molecule has 1 N–H and O–H groups in total. The number of rotatable bonds is 5. The maximum Gasteiger partial charge on any atom is 0.280 e. The van der Waals surface area contributed by atoms with Crippen LogP contribution in [0.25, 0.3) is 5.69 Å². The van der Waals surface area contributed by atoms with E-state index in [1.165, 1.54) is 18.9 Å². The lowest BCUT2D eigenvalue weighted by molar-refractivity contribution is 0.404. The highest BCUT2D eigenvalue weighted by Crippen LogP contribution is 2.37. The number of benzene rings is 2. The van der Waals surface area contributed by atoms with Crippen LogP contribution in [0.5, 0.6) is 11.5 Å². The van der Waals surface area contributed by atoms with Crippen molar-refractivity contribution in [1.29, 1.82) is 0 Å². The smallest absolute Gasteiger partial charge is 0.280 e. The van der Waals surface area contributed by atoms with Gasteiger partial charge in [-0.05, 0) is 26.0 Å². The SMILES string of the molecule is COc1cc(N=C(C)c2c(C)[nH]n(-c3ccccc3)c2=O)c(OC)cc1Cl. The lowest BCUT2D eigenvalue weighted by Gasteiger charge is -2.09. The van der Waals surface area contributed by atoms with Crippen molar-refractivity contribution in [3.8, 4) is 17.2 Å². The lowest BCUT2D eigenvalue weighted by Crippen LogP contribution is -2.19. The minimum Gasteiger partial charge on any atom is -0.495 e. The Labute approximate surface area is 162 Å². The molecule has 0 atom stereocenters. The van der Waals surface area contributed by atoms with Gasteiger partial charge in [0.25, 0.3) is 5.56 Å². The van der Waals surface area contributed by atoms with Gasteiger partial charge < -0.3 is 9.47 Å². The van der Waals surface area contributed by atoms with Crippen LogP contribution in [-0.2, 0) is 0 Å². The van der Waals surface area contributed by atoms with Gasteiger partial charge in [0.05, 0.1) is 36.2 Å². The topological polar surface area (TPSA) is 68.6 Å². The predicted molar refractivity (Wildman–Crippen MR) is 108 cm³/mol. The molecule has 0 fully saturated rings. The maximum absolute atomic E-state index is 12.9. The normalized spacial score (nSPS) is 11.5. The second kappa shape index (κ2) is 7.72. The zero-order chi connectivity index (χ0) is 19.6. The van der Waals surface area contributed by atoms with Crippen molar-refractivity contribution < 1.29 is 9.47 Å². The average molecular weight is 386 g/mol. The zero-order valence-electron chi connectivity index (χ0n) is 15.5. The fourth-order valence-corrected chi connectivity index (χ4v) is 3.13. The summed E-state index contributed by atoms with van der Waals surface area (Å²) in [5, 5.41) is 3.53. The van der Waals surface area contributed by atoms with E-state index < -0.39 is 0 Å². The van der Waals surface area contributed by atoms with Crippen LogP contribution in [0.1, 0.15) is 18.2 Å². The first-order chi connectivity index (χ1) is 13.0. The summed E-state index contributed by atoms with van der Waals surface area (Å²) < 4.78 is 12.1. The number of para-hydroxylation sites is 1. The lowest BCUT2D eigenvalue weighted by atomic mass is 10.1. The maximum atomic E-state index is 12.9. The first-order valence-corrected chi connectivity index (χ1v) is 8.68. The third-order valence-electron chi connectivity index (χ3n) is 4.19. The van der Waals surface area contributed by atoms with E-state index >= 15 is 0 Å². The molecule has 140 valence electrons. The van der Waals surface area contributed by atoms with Gasteiger partial charge in [-0.25, -0.2) is 9.67 Å². The Morgan fingerprint density at radius 1 is 1.11 bits per heavy atom. The molecule has 7 heteroatoms. The molecule has 2 aromatic carbocycles.